The highest BCUT2D eigenvalue weighted by Gasteiger charge is 2.22. The topological polar surface area (TPSA) is 76.7 Å². The van der Waals surface area contributed by atoms with Crippen LogP contribution < -0.4 is 20.1 Å². The fourth-order valence-corrected chi connectivity index (χ4v) is 2.96. The highest BCUT2D eigenvalue weighted by Crippen LogP contribution is 2.16. The quantitative estimate of drug-likeness (QED) is 0.571. The standard InChI is InChI=1S/C25H34N2O4/c1-6-22(30-20-12-8-17(3)9-13-20)24(28)26-16-19(5)27-25(29)23(7-2)31-21-14-10-18(4)11-15-21/h8-15,19,22-23H,6-7,16H2,1-5H3,(H,26,28)(H,27,29)/t19-,22-,23-/m0/s1. The number of carbonyl (C=O) groups is 2. The predicted molar refractivity (Wildman–Crippen MR) is 122 cm³/mol. The first-order valence-electron chi connectivity index (χ1n) is 10.9. The minimum Gasteiger partial charge on any atom is -0.481 e. The van der Waals surface area contributed by atoms with Crippen LogP contribution in [0.3, 0.4) is 0 Å². The van der Waals surface area contributed by atoms with Gasteiger partial charge in [-0.25, -0.2) is 0 Å². The van der Waals surface area contributed by atoms with Crippen LogP contribution in [0.2, 0.25) is 0 Å². The van der Waals surface area contributed by atoms with Gasteiger partial charge in [-0.05, 0) is 57.9 Å². The molecule has 0 aromatic heterocycles. The molecule has 0 aliphatic carbocycles. The molecule has 0 saturated carbocycles. The Morgan fingerprint density at radius 2 is 1.19 bits per heavy atom. The van der Waals surface area contributed by atoms with Crippen molar-refractivity contribution in [1.29, 1.82) is 0 Å². The maximum atomic E-state index is 12.6. The van der Waals surface area contributed by atoms with E-state index < -0.39 is 12.2 Å². The van der Waals surface area contributed by atoms with E-state index in [4.69, 9.17) is 9.47 Å². The van der Waals surface area contributed by atoms with Crippen molar-refractivity contribution in [3.63, 3.8) is 0 Å². The molecule has 31 heavy (non-hydrogen) atoms. The molecular weight excluding hydrogens is 392 g/mol. The third kappa shape index (κ3) is 7.96. The number of amides is 2. The summed E-state index contributed by atoms with van der Waals surface area (Å²) in [4.78, 5) is 25.1. The predicted octanol–water partition coefficient (Wildman–Crippen LogP) is 3.94. The van der Waals surface area contributed by atoms with Gasteiger partial charge in [-0.2, -0.15) is 0 Å². The molecule has 168 valence electrons. The van der Waals surface area contributed by atoms with Gasteiger partial charge in [0.15, 0.2) is 12.2 Å². The molecular formula is C25H34N2O4. The largest absolute Gasteiger partial charge is 0.481 e. The van der Waals surface area contributed by atoms with E-state index in [0.717, 1.165) is 11.1 Å². The molecule has 0 heterocycles. The van der Waals surface area contributed by atoms with Crippen molar-refractivity contribution in [1.82, 2.24) is 10.6 Å². The van der Waals surface area contributed by atoms with Gasteiger partial charge in [0, 0.05) is 12.6 Å². The Morgan fingerprint density at radius 1 is 0.774 bits per heavy atom. The number of ether oxygens (including phenoxy) is 2. The molecule has 0 bridgehead atoms. The Hall–Kier alpha value is -3.02. The van der Waals surface area contributed by atoms with E-state index in [2.05, 4.69) is 10.6 Å². The zero-order chi connectivity index (χ0) is 22.8. The molecule has 0 fully saturated rings. The third-order valence-electron chi connectivity index (χ3n) is 4.90. The molecule has 2 rings (SSSR count). The van der Waals surface area contributed by atoms with Gasteiger partial charge in [0.1, 0.15) is 11.5 Å². The lowest BCUT2D eigenvalue weighted by Gasteiger charge is -2.22. The lowest BCUT2D eigenvalue weighted by Crippen LogP contribution is -2.48. The minimum absolute atomic E-state index is 0.201. The highest BCUT2D eigenvalue weighted by molar-refractivity contribution is 5.82. The van der Waals surface area contributed by atoms with Crippen LogP contribution in [0.15, 0.2) is 48.5 Å². The van der Waals surface area contributed by atoms with Crippen LogP contribution in [0.5, 0.6) is 11.5 Å². The summed E-state index contributed by atoms with van der Waals surface area (Å²) in [5.41, 5.74) is 2.26. The molecule has 2 aromatic carbocycles. The second-order valence-electron chi connectivity index (χ2n) is 7.81. The second-order valence-corrected chi connectivity index (χ2v) is 7.81. The average Bonchev–Trinajstić information content (AvgIpc) is 2.76. The SMILES string of the molecule is CC[C@H](Oc1ccc(C)cc1)C(=O)NC[C@H](C)NC(=O)[C@H](CC)Oc1ccc(C)cc1. The van der Waals surface area contributed by atoms with E-state index >= 15 is 0 Å². The highest BCUT2D eigenvalue weighted by atomic mass is 16.5. The number of hydrogen-bond donors (Lipinski definition) is 2. The van der Waals surface area contributed by atoms with Gasteiger partial charge >= 0.3 is 0 Å². The molecule has 2 aromatic rings. The van der Waals surface area contributed by atoms with E-state index in [1.165, 1.54) is 0 Å². The van der Waals surface area contributed by atoms with Gasteiger partial charge in [-0.15, -0.1) is 0 Å². The van der Waals surface area contributed by atoms with Crippen molar-refractivity contribution in [3.05, 3.63) is 59.7 Å². The fraction of sp³-hybridized carbons (Fsp3) is 0.440. The lowest BCUT2D eigenvalue weighted by atomic mass is 10.2. The Bertz CT molecular complexity index is 834. The van der Waals surface area contributed by atoms with Crippen LogP contribution in [0, 0.1) is 13.8 Å². The van der Waals surface area contributed by atoms with Gasteiger partial charge in [0.25, 0.3) is 11.8 Å². The Kier molecular flexibility index (Phi) is 9.38. The van der Waals surface area contributed by atoms with Crippen molar-refractivity contribution < 1.29 is 19.1 Å². The summed E-state index contributed by atoms with van der Waals surface area (Å²) in [6, 6.07) is 15.0. The molecule has 2 N–H and O–H groups in total. The van der Waals surface area contributed by atoms with Gasteiger partial charge in [-0.1, -0.05) is 49.2 Å². The Balaban J connectivity index is 1.82. The summed E-state index contributed by atoms with van der Waals surface area (Å²) < 4.78 is 11.6. The van der Waals surface area contributed by atoms with Crippen LogP contribution in [0.1, 0.15) is 44.7 Å². The van der Waals surface area contributed by atoms with Crippen LogP contribution in [-0.2, 0) is 9.59 Å². The molecule has 0 unspecified atom stereocenters. The van der Waals surface area contributed by atoms with E-state index in [0.29, 0.717) is 30.9 Å². The smallest absolute Gasteiger partial charge is 0.261 e. The molecule has 0 radical (unpaired) electrons. The van der Waals surface area contributed by atoms with Crippen LogP contribution in [0.4, 0.5) is 0 Å². The summed E-state index contributed by atoms with van der Waals surface area (Å²) in [5, 5.41) is 5.78. The molecule has 6 heteroatoms. The van der Waals surface area contributed by atoms with Crippen molar-refractivity contribution in [2.45, 2.75) is 65.7 Å². The van der Waals surface area contributed by atoms with Crippen molar-refractivity contribution in [3.8, 4) is 11.5 Å². The second kappa shape index (κ2) is 12.0. The van der Waals surface area contributed by atoms with Gasteiger partial charge in [-0.3, -0.25) is 9.59 Å². The first-order chi connectivity index (χ1) is 14.8. The lowest BCUT2D eigenvalue weighted by molar-refractivity contribution is -0.130. The van der Waals surface area contributed by atoms with Crippen LogP contribution in [0.25, 0.3) is 0 Å². The van der Waals surface area contributed by atoms with Crippen molar-refractivity contribution in [2.75, 3.05) is 6.54 Å². The van der Waals surface area contributed by atoms with E-state index in [1.54, 1.807) is 0 Å². The zero-order valence-corrected chi connectivity index (χ0v) is 19.1. The monoisotopic (exact) mass is 426 g/mol. The molecule has 3 atom stereocenters. The first-order valence-corrected chi connectivity index (χ1v) is 10.9. The first kappa shape index (κ1) is 24.3. The number of rotatable bonds is 11. The fourth-order valence-electron chi connectivity index (χ4n) is 2.96. The van der Waals surface area contributed by atoms with Gasteiger partial charge in [0.2, 0.25) is 0 Å². The summed E-state index contributed by atoms with van der Waals surface area (Å²) in [7, 11) is 0. The molecule has 0 spiro atoms. The third-order valence-corrected chi connectivity index (χ3v) is 4.90. The maximum absolute atomic E-state index is 12.6. The van der Waals surface area contributed by atoms with Crippen LogP contribution in [-0.4, -0.2) is 36.6 Å². The number of aryl methyl sites for hydroxylation is 2. The number of nitrogens with one attached hydrogen (secondary N) is 2. The number of carbonyl (C=O) groups excluding carboxylic acids is 2. The minimum atomic E-state index is -0.589. The number of benzene rings is 2. The molecule has 0 aliphatic heterocycles. The summed E-state index contributed by atoms with van der Waals surface area (Å²) in [6.45, 7) is 9.95. The van der Waals surface area contributed by atoms with E-state index in [9.17, 15) is 9.59 Å². The van der Waals surface area contributed by atoms with Gasteiger partial charge in [0.05, 0.1) is 0 Å². The zero-order valence-electron chi connectivity index (χ0n) is 19.1. The summed E-state index contributed by atoms with van der Waals surface area (Å²) >= 11 is 0. The van der Waals surface area contributed by atoms with Crippen molar-refractivity contribution >= 4 is 11.8 Å². The van der Waals surface area contributed by atoms with E-state index in [-0.39, 0.29) is 17.9 Å². The molecule has 0 saturated heterocycles. The van der Waals surface area contributed by atoms with Gasteiger partial charge < -0.3 is 20.1 Å². The Morgan fingerprint density at radius 3 is 1.61 bits per heavy atom. The number of hydrogen-bond acceptors (Lipinski definition) is 4. The maximum Gasteiger partial charge on any atom is 0.261 e. The van der Waals surface area contributed by atoms with E-state index in [1.807, 2.05) is 83.1 Å². The summed E-state index contributed by atoms with van der Waals surface area (Å²) in [5.74, 6) is 0.917. The van der Waals surface area contributed by atoms with Crippen molar-refractivity contribution in [2.24, 2.45) is 0 Å². The molecule has 6 nitrogen and oxygen atoms in total. The summed E-state index contributed by atoms with van der Waals surface area (Å²) in [6.07, 6.45) is -0.0860. The normalized spacial score (nSPS) is 13.6. The molecule has 0 aliphatic rings. The average molecular weight is 427 g/mol. The Labute approximate surface area is 185 Å². The van der Waals surface area contributed by atoms with Crippen LogP contribution >= 0.6 is 0 Å². The molecule has 2 amide bonds.